The van der Waals surface area contributed by atoms with Gasteiger partial charge in [-0.05, 0) is 31.9 Å². The third-order valence-corrected chi connectivity index (χ3v) is 6.75. The second kappa shape index (κ2) is 8.14. The molecule has 3 aromatic heterocycles. The Morgan fingerprint density at radius 1 is 1.19 bits per heavy atom. The van der Waals surface area contributed by atoms with Crippen molar-refractivity contribution >= 4 is 39.9 Å². The average Bonchev–Trinajstić information content (AvgIpc) is 3.45. The number of ether oxygens (including phenoxy) is 1. The highest BCUT2D eigenvalue weighted by Crippen LogP contribution is 2.37. The zero-order chi connectivity index (χ0) is 22.4. The Morgan fingerprint density at radius 2 is 2.00 bits per heavy atom. The van der Waals surface area contributed by atoms with Crippen molar-refractivity contribution in [3.8, 4) is 16.9 Å². The predicted molar refractivity (Wildman–Crippen MR) is 121 cm³/mol. The maximum absolute atomic E-state index is 13.2. The van der Waals surface area contributed by atoms with Crippen LogP contribution in [0.3, 0.4) is 0 Å². The van der Waals surface area contributed by atoms with Crippen molar-refractivity contribution in [3.63, 3.8) is 0 Å². The van der Waals surface area contributed by atoms with E-state index in [1.54, 1.807) is 6.07 Å². The molecule has 1 aliphatic carbocycles. The molecule has 0 radical (unpaired) electrons. The van der Waals surface area contributed by atoms with E-state index < -0.39 is 0 Å². The minimum absolute atomic E-state index is 0.189. The number of halogens is 1. The van der Waals surface area contributed by atoms with Gasteiger partial charge in [-0.3, -0.25) is 19.9 Å². The second-order valence-electron chi connectivity index (χ2n) is 7.89. The lowest BCUT2D eigenvalue weighted by atomic mass is 10.0. The lowest BCUT2D eigenvalue weighted by molar-refractivity contribution is -0.133. The number of hydrogen-bond acceptors (Lipinski definition) is 7. The van der Waals surface area contributed by atoms with E-state index >= 15 is 0 Å². The van der Waals surface area contributed by atoms with Crippen LogP contribution in [0.15, 0.2) is 24.5 Å². The molecule has 0 atom stereocenters. The molecule has 32 heavy (non-hydrogen) atoms. The first kappa shape index (κ1) is 20.8. The van der Waals surface area contributed by atoms with E-state index in [0.29, 0.717) is 45.8 Å². The molecule has 4 heterocycles. The van der Waals surface area contributed by atoms with Gasteiger partial charge in [0.25, 0.3) is 5.91 Å². The summed E-state index contributed by atoms with van der Waals surface area (Å²) in [4.78, 5) is 41.2. The number of aromatic nitrogens is 3. The molecule has 0 unspecified atom stereocenters. The molecule has 1 saturated carbocycles. The Kier molecular flexibility index (Phi) is 5.30. The molecular formula is C22H20ClN5O3S. The summed E-state index contributed by atoms with van der Waals surface area (Å²) < 4.78 is 5.42. The minimum Gasteiger partial charge on any atom is -0.494 e. The van der Waals surface area contributed by atoms with Crippen molar-refractivity contribution in [1.82, 2.24) is 19.9 Å². The zero-order valence-corrected chi connectivity index (χ0v) is 19.1. The number of methoxy groups -OCH3 is 1. The van der Waals surface area contributed by atoms with Gasteiger partial charge in [-0.2, -0.15) is 0 Å². The summed E-state index contributed by atoms with van der Waals surface area (Å²) in [5.74, 6) is 0.568. The number of hydrogen-bond donors (Lipinski definition) is 1. The standard InChI is InChI=1S/C22H20ClN5O3S/c1-11-5-13(14-6-19(23)25-8-17(14)31-2)15(7-24-11)20(29)27-22-26-16-9-28(10-18(16)32-22)21(30)12-3-4-12/h5-8,12H,3-4,9-10H2,1-2H3,(H,26,27,29). The fourth-order valence-corrected chi connectivity index (χ4v) is 4.90. The van der Waals surface area contributed by atoms with Crippen molar-refractivity contribution in [2.24, 2.45) is 5.92 Å². The van der Waals surface area contributed by atoms with Crippen LogP contribution in [0.5, 0.6) is 5.75 Å². The maximum Gasteiger partial charge on any atom is 0.259 e. The molecular weight excluding hydrogens is 450 g/mol. The third kappa shape index (κ3) is 3.93. The molecule has 10 heteroatoms. The quantitative estimate of drug-likeness (QED) is 0.565. The molecule has 0 aromatic carbocycles. The first-order valence-electron chi connectivity index (χ1n) is 10.2. The van der Waals surface area contributed by atoms with Gasteiger partial charge in [-0.1, -0.05) is 22.9 Å². The molecule has 1 aliphatic heterocycles. The summed E-state index contributed by atoms with van der Waals surface area (Å²) in [7, 11) is 1.54. The topological polar surface area (TPSA) is 97.3 Å². The Balaban J connectivity index is 1.39. The number of anilines is 1. The summed E-state index contributed by atoms with van der Waals surface area (Å²) in [6.07, 6.45) is 5.02. The van der Waals surface area contributed by atoms with E-state index in [0.717, 1.165) is 29.1 Å². The molecule has 5 rings (SSSR count). The number of carbonyl (C=O) groups excluding carboxylic acids is 2. The second-order valence-corrected chi connectivity index (χ2v) is 9.36. The van der Waals surface area contributed by atoms with E-state index in [-0.39, 0.29) is 17.7 Å². The lowest BCUT2D eigenvalue weighted by Gasteiger charge is -2.15. The fourth-order valence-electron chi connectivity index (χ4n) is 3.76. The Hall–Kier alpha value is -3.04. The average molecular weight is 470 g/mol. The molecule has 3 aromatic rings. The SMILES string of the molecule is COc1cnc(Cl)cc1-c1cc(C)ncc1C(=O)Nc1nc2c(s1)CN(C(=O)C1CC1)C2. The van der Waals surface area contributed by atoms with E-state index in [1.807, 2.05) is 17.9 Å². The van der Waals surface area contributed by atoms with Crippen molar-refractivity contribution in [1.29, 1.82) is 0 Å². The van der Waals surface area contributed by atoms with Crippen molar-refractivity contribution in [2.45, 2.75) is 32.9 Å². The largest absolute Gasteiger partial charge is 0.494 e. The third-order valence-electron chi connectivity index (χ3n) is 5.54. The molecule has 8 nitrogen and oxygen atoms in total. The number of nitrogens with zero attached hydrogens (tertiary/aromatic N) is 4. The number of rotatable bonds is 5. The number of nitrogens with one attached hydrogen (secondary N) is 1. The summed E-state index contributed by atoms with van der Waals surface area (Å²) in [5.41, 5.74) is 3.27. The van der Waals surface area contributed by atoms with Crippen LogP contribution in [-0.4, -0.2) is 38.8 Å². The first-order chi connectivity index (χ1) is 15.4. The van der Waals surface area contributed by atoms with Crippen LogP contribution in [0, 0.1) is 12.8 Å². The maximum atomic E-state index is 13.2. The number of aryl methyl sites for hydroxylation is 1. The van der Waals surface area contributed by atoms with Crippen LogP contribution < -0.4 is 10.1 Å². The van der Waals surface area contributed by atoms with Gasteiger partial charge in [0, 0.05) is 28.9 Å². The van der Waals surface area contributed by atoms with Gasteiger partial charge < -0.3 is 9.64 Å². The highest BCUT2D eigenvalue weighted by molar-refractivity contribution is 7.16. The Bertz CT molecular complexity index is 1220. The van der Waals surface area contributed by atoms with Gasteiger partial charge in [0.1, 0.15) is 10.9 Å². The summed E-state index contributed by atoms with van der Waals surface area (Å²) >= 11 is 7.51. The van der Waals surface area contributed by atoms with Gasteiger partial charge in [0.05, 0.1) is 42.5 Å². The number of thiazole rings is 1. The van der Waals surface area contributed by atoms with Gasteiger partial charge >= 0.3 is 0 Å². The highest BCUT2D eigenvalue weighted by atomic mass is 35.5. The summed E-state index contributed by atoms with van der Waals surface area (Å²) in [6.45, 7) is 2.91. The number of pyridine rings is 2. The van der Waals surface area contributed by atoms with E-state index in [4.69, 9.17) is 16.3 Å². The molecule has 164 valence electrons. The van der Waals surface area contributed by atoms with Crippen LogP contribution in [0.1, 0.15) is 39.5 Å². The molecule has 2 amide bonds. The first-order valence-corrected chi connectivity index (χ1v) is 11.4. The Morgan fingerprint density at radius 3 is 2.72 bits per heavy atom. The molecule has 0 spiro atoms. The number of fused-ring (bicyclic) bond motifs is 1. The summed E-state index contributed by atoms with van der Waals surface area (Å²) in [6, 6.07) is 3.47. The van der Waals surface area contributed by atoms with Crippen LogP contribution in [-0.2, 0) is 17.9 Å². The van der Waals surface area contributed by atoms with Crippen LogP contribution in [0.2, 0.25) is 5.15 Å². The molecule has 1 N–H and O–H groups in total. The van der Waals surface area contributed by atoms with E-state index in [1.165, 1.54) is 30.8 Å². The summed E-state index contributed by atoms with van der Waals surface area (Å²) in [5, 5.41) is 3.68. The van der Waals surface area contributed by atoms with Crippen LogP contribution in [0.4, 0.5) is 5.13 Å². The molecule has 1 fully saturated rings. The fraction of sp³-hybridized carbons (Fsp3) is 0.318. The normalized spacial score (nSPS) is 14.9. The van der Waals surface area contributed by atoms with Gasteiger partial charge in [-0.15, -0.1) is 0 Å². The van der Waals surface area contributed by atoms with E-state index in [2.05, 4.69) is 20.3 Å². The molecule has 0 saturated heterocycles. The van der Waals surface area contributed by atoms with Crippen molar-refractivity contribution in [3.05, 3.63) is 51.5 Å². The van der Waals surface area contributed by atoms with Crippen molar-refractivity contribution < 1.29 is 14.3 Å². The predicted octanol–water partition coefficient (Wildman–Crippen LogP) is 4.08. The van der Waals surface area contributed by atoms with Gasteiger partial charge in [-0.25, -0.2) is 9.97 Å². The molecule has 2 aliphatic rings. The smallest absolute Gasteiger partial charge is 0.259 e. The van der Waals surface area contributed by atoms with Gasteiger partial charge in [0.2, 0.25) is 5.91 Å². The number of carbonyl (C=O) groups is 2. The zero-order valence-electron chi connectivity index (χ0n) is 17.5. The van der Waals surface area contributed by atoms with Gasteiger partial charge in [0.15, 0.2) is 5.13 Å². The Labute approximate surface area is 193 Å². The minimum atomic E-state index is -0.333. The highest BCUT2D eigenvalue weighted by Gasteiger charge is 2.37. The van der Waals surface area contributed by atoms with Crippen LogP contribution >= 0.6 is 22.9 Å². The van der Waals surface area contributed by atoms with E-state index in [9.17, 15) is 9.59 Å². The molecule has 0 bridgehead atoms. The van der Waals surface area contributed by atoms with Crippen molar-refractivity contribution in [2.75, 3.05) is 12.4 Å². The number of amides is 2. The lowest BCUT2D eigenvalue weighted by Crippen LogP contribution is -2.26. The van der Waals surface area contributed by atoms with Crippen LogP contribution in [0.25, 0.3) is 11.1 Å². The monoisotopic (exact) mass is 469 g/mol.